The average Bonchev–Trinajstić information content (AvgIpc) is 2.64. The Morgan fingerprint density at radius 2 is 1.74 bits per heavy atom. The Kier molecular flexibility index (Phi) is 7.31. The Bertz CT molecular complexity index is 590. The van der Waals surface area contributed by atoms with E-state index in [2.05, 4.69) is 60.3 Å². The van der Waals surface area contributed by atoms with E-state index in [1.54, 1.807) is 0 Å². The highest BCUT2D eigenvalue weighted by atomic mass is 16.2. The van der Waals surface area contributed by atoms with Gasteiger partial charge in [-0.15, -0.1) is 0 Å². The number of hydrogen-bond donors (Lipinski definition) is 1. The van der Waals surface area contributed by atoms with Crippen molar-refractivity contribution in [1.82, 2.24) is 15.1 Å². The highest BCUT2D eigenvalue weighted by molar-refractivity contribution is 5.79. The maximum absolute atomic E-state index is 12.6. The van der Waals surface area contributed by atoms with Gasteiger partial charge in [-0.3, -0.25) is 9.69 Å². The van der Waals surface area contributed by atoms with E-state index in [1.807, 2.05) is 0 Å². The summed E-state index contributed by atoms with van der Waals surface area (Å²) in [4.78, 5) is 17.4. The smallest absolute Gasteiger partial charge is 0.223 e. The van der Waals surface area contributed by atoms with Gasteiger partial charge >= 0.3 is 0 Å². The molecule has 1 aromatic rings. The van der Waals surface area contributed by atoms with Gasteiger partial charge in [0.1, 0.15) is 0 Å². The molecule has 0 radical (unpaired) electrons. The van der Waals surface area contributed by atoms with E-state index in [-0.39, 0.29) is 11.8 Å². The summed E-state index contributed by atoms with van der Waals surface area (Å²) < 4.78 is 0. The first-order valence-electron chi connectivity index (χ1n) is 10.8. The lowest BCUT2D eigenvalue weighted by Crippen LogP contribution is -2.50. The molecule has 0 saturated carbocycles. The van der Waals surface area contributed by atoms with Gasteiger partial charge in [0.15, 0.2) is 0 Å². The molecule has 2 aliphatic rings. The van der Waals surface area contributed by atoms with Gasteiger partial charge < -0.3 is 10.2 Å². The van der Waals surface area contributed by atoms with Crippen molar-refractivity contribution in [1.29, 1.82) is 0 Å². The van der Waals surface area contributed by atoms with Crippen molar-refractivity contribution >= 4 is 5.91 Å². The third-order valence-electron chi connectivity index (χ3n) is 6.01. The van der Waals surface area contributed by atoms with Crippen molar-refractivity contribution < 1.29 is 4.79 Å². The van der Waals surface area contributed by atoms with E-state index in [0.29, 0.717) is 12.0 Å². The first-order chi connectivity index (χ1) is 13.0. The second-order valence-corrected chi connectivity index (χ2v) is 9.07. The number of piperidine rings is 2. The predicted molar refractivity (Wildman–Crippen MR) is 112 cm³/mol. The number of rotatable bonds is 6. The first-order valence-corrected chi connectivity index (χ1v) is 10.8. The van der Waals surface area contributed by atoms with Crippen molar-refractivity contribution in [3.8, 4) is 0 Å². The van der Waals surface area contributed by atoms with Crippen LogP contribution in [-0.2, 0) is 17.8 Å². The Morgan fingerprint density at radius 3 is 2.41 bits per heavy atom. The molecular formula is C23H37N3O. The average molecular weight is 372 g/mol. The zero-order valence-corrected chi connectivity index (χ0v) is 17.4. The predicted octanol–water partition coefficient (Wildman–Crippen LogP) is 3.31. The van der Waals surface area contributed by atoms with Crippen molar-refractivity contribution in [3.63, 3.8) is 0 Å². The SMILES string of the molecule is CC(C)Cc1ccc(CN2CCC[C@@H](NC(=O)C3CCN(C)CC3)C2)cc1. The van der Waals surface area contributed by atoms with Crippen LogP contribution >= 0.6 is 0 Å². The Balaban J connectivity index is 1.47. The molecule has 0 spiro atoms. The molecule has 0 aliphatic carbocycles. The van der Waals surface area contributed by atoms with Crippen molar-refractivity contribution in [2.24, 2.45) is 11.8 Å². The molecule has 4 nitrogen and oxygen atoms in total. The summed E-state index contributed by atoms with van der Waals surface area (Å²) in [5.41, 5.74) is 2.81. The summed E-state index contributed by atoms with van der Waals surface area (Å²) in [5, 5.41) is 3.35. The minimum atomic E-state index is 0.213. The van der Waals surface area contributed by atoms with Gasteiger partial charge in [0.25, 0.3) is 0 Å². The van der Waals surface area contributed by atoms with Crippen molar-refractivity contribution in [3.05, 3.63) is 35.4 Å². The summed E-state index contributed by atoms with van der Waals surface area (Å²) in [6, 6.07) is 9.42. The summed E-state index contributed by atoms with van der Waals surface area (Å²) in [6.07, 6.45) is 5.43. The molecule has 150 valence electrons. The highest BCUT2D eigenvalue weighted by Gasteiger charge is 2.27. The molecule has 0 aromatic heterocycles. The third kappa shape index (κ3) is 6.32. The van der Waals surface area contributed by atoms with Crippen LogP contribution in [0.3, 0.4) is 0 Å². The van der Waals surface area contributed by atoms with E-state index >= 15 is 0 Å². The largest absolute Gasteiger partial charge is 0.352 e. The molecule has 2 saturated heterocycles. The summed E-state index contributed by atoms with van der Waals surface area (Å²) >= 11 is 0. The van der Waals surface area contributed by atoms with Crippen LogP contribution < -0.4 is 5.32 Å². The minimum Gasteiger partial charge on any atom is -0.352 e. The standard InChI is InChI=1S/C23H37N3O/c1-18(2)15-19-6-8-20(9-7-19)16-26-12-4-5-22(17-26)24-23(27)21-10-13-25(3)14-11-21/h6-9,18,21-22H,4-5,10-17H2,1-3H3,(H,24,27)/t22-/m1/s1. The monoisotopic (exact) mass is 371 g/mol. The Morgan fingerprint density at radius 1 is 1.07 bits per heavy atom. The summed E-state index contributed by atoms with van der Waals surface area (Å²) in [6.45, 7) is 9.72. The minimum absolute atomic E-state index is 0.213. The zero-order valence-electron chi connectivity index (χ0n) is 17.4. The molecular weight excluding hydrogens is 334 g/mol. The highest BCUT2D eigenvalue weighted by Crippen LogP contribution is 2.19. The van der Waals surface area contributed by atoms with E-state index in [0.717, 1.165) is 58.4 Å². The van der Waals surface area contributed by atoms with Gasteiger partial charge in [0.05, 0.1) is 0 Å². The van der Waals surface area contributed by atoms with Crippen LogP contribution in [0.1, 0.15) is 50.7 Å². The number of carbonyl (C=O) groups is 1. The molecule has 0 unspecified atom stereocenters. The van der Waals surface area contributed by atoms with Crippen LogP contribution in [0.2, 0.25) is 0 Å². The fourth-order valence-electron chi connectivity index (χ4n) is 4.42. The fraction of sp³-hybridized carbons (Fsp3) is 0.696. The van der Waals surface area contributed by atoms with Gasteiger partial charge in [-0.05, 0) is 75.8 Å². The van der Waals surface area contributed by atoms with Gasteiger partial charge in [0.2, 0.25) is 5.91 Å². The quantitative estimate of drug-likeness (QED) is 0.833. The maximum Gasteiger partial charge on any atom is 0.223 e. The lowest BCUT2D eigenvalue weighted by atomic mass is 9.95. The Hall–Kier alpha value is -1.39. The number of carbonyl (C=O) groups excluding carboxylic acids is 1. The molecule has 1 amide bonds. The van der Waals surface area contributed by atoms with E-state index in [1.165, 1.54) is 17.5 Å². The van der Waals surface area contributed by atoms with Crippen LogP contribution in [0.25, 0.3) is 0 Å². The molecule has 4 heteroatoms. The van der Waals surface area contributed by atoms with Crippen LogP contribution in [0.15, 0.2) is 24.3 Å². The molecule has 1 atom stereocenters. The Labute approximate surface area is 165 Å². The lowest BCUT2D eigenvalue weighted by Gasteiger charge is -2.35. The fourth-order valence-corrected chi connectivity index (χ4v) is 4.42. The molecule has 1 N–H and O–H groups in total. The number of hydrogen-bond acceptors (Lipinski definition) is 3. The summed E-state index contributed by atoms with van der Waals surface area (Å²) in [7, 11) is 2.14. The molecule has 1 aromatic carbocycles. The maximum atomic E-state index is 12.6. The first kappa shape index (κ1) is 20.3. The molecule has 2 fully saturated rings. The third-order valence-corrected chi connectivity index (χ3v) is 6.01. The van der Waals surface area contributed by atoms with E-state index < -0.39 is 0 Å². The van der Waals surface area contributed by atoms with Gasteiger partial charge in [-0.2, -0.15) is 0 Å². The number of nitrogens with one attached hydrogen (secondary N) is 1. The zero-order chi connectivity index (χ0) is 19.2. The second kappa shape index (κ2) is 9.70. The van der Waals surface area contributed by atoms with Crippen molar-refractivity contribution in [2.75, 3.05) is 33.2 Å². The number of likely N-dealkylation sites (tertiary alicyclic amines) is 2. The molecule has 3 rings (SSSR count). The van der Waals surface area contributed by atoms with E-state index in [4.69, 9.17) is 0 Å². The molecule has 2 aliphatic heterocycles. The second-order valence-electron chi connectivity index (χ2n) is 9.07. The van der Waals surface area contributed by atoms with Crippen LogP contribution in [0, 0.1) is 11.8 Å². The van der Waals surface area contributed by atoms with Gasteiger partial charge in [0, 0.05) is 25.0 Å². The van der Waals surface area contributed by atoms with Gasteiger partial charge in [-0.1, -0.05) is 38.1 Å². The topological polar surface area (TPSA) is 35.6 Å². The molecule has 2 heterocycles. The van der Waals surface area contributed by atoms with Crippen molar-refractivity contribution in [2.45, 2.75) is 58.5 Å². The lowest BCUT2D eigenvalue weighted by molar-refractivity contribution is -0.127. The molecule has 0 bridgehead atoms. The van der Waals surface area contributed by atoms with Gasteiger partial charge in [-0.25, -0.2) is 0 Å². The number of nitrogens with zero attached hydrogens (tertiary/aromatic N) is 2. The van der Waals surface area contributed by atoms with Crippen LogP contribution in [0.4, 0.5) is 0 Å². The number of amides is 1. The summed E-state index contributed by atoms with van der Waals surface area (Å²) in [5.74, 6) is 1.20. The number of benzene rings is 1. The van der Waals surface area contributed by atoms with Crippen LogP contribution in [-0.4, -0.2) is 55.0 Å². The molecule has 27 heavy (non-hydrogen) atoms. The normalized spacial score (nSPS) is 22.9. The van der Waals surface area contributed by atoms with Crippen LogP contribution in [0.5, 0.6) is 0 Å². The van der Waals surface area contributed by atoms with E-state index in [9.17, 15) is 4.79 Å².